The van der Waals surface area contributed by atoms with E-state index < -0.39 is 61.0 Å². The van der Waals surface area contributed by atoms with E-state index in [9.17, 15) is 10.2 Å². The molecule has 0 saturated carbocycles. The van der Waals surface area contributed by atoms with E-state index in [1.807, 2.05) is 200 Å². The summed E-state index contributed by atoms with van der Waals surface area (Å²) in [6.07, 6.45) is -6.95. The number of rotatable bonds is 23. The number of hydrogen-bond acceptors (Lipinski definition) is 13. The molecule has 13 nitrogen and oxygen atoms in total. The van der Waals surface area contributed by atoms with Crippen LogP contribution in [0.2, 0.25) is 0 Å². The lowest BCUT2D eigenvalue weighted by Gasteiger charge is -2.50. The van der Waals surface area contributed by atoms with Crippen LogP contribution in [0.25, 0.3) is 22.6 Å². The van der Waals surface area contributed by atoms with E-state index in [1.54, 1.807) is 6.92 Å². The van der Waals surface area contributed by atoms with E-state index in [0.29, 0.717) is 17.5 Å². The predicted octanol–water partition coefficient (Wildman–Crippen LogP) is 10.5. The third-order valence-electron chi connectivity index (χ3n) is 13.9. The molecule has 76 heavy (non-hydrogen) atoms. The number of ether oxygens (including phenoxy) is 8. The van der Waals surface area contributed by atoms with Gasteiger partial charge in [-0.3, -0.25) is 0 Å². The Morgan fingerprint density at radius 3 is 1.21 bits per heavy atom. The second kappa shape index (κ2) is 26.3. The van der Waals surface area contributed by atoms with E-state index in [-0.39, 0.29) is 52.7 Å². The molecule has 0 unspecified atom stereocenters. The Morgan fingerprint density at radius 2 is 0.776 bits per heavy atom. The first-order chi connectivity index (χ1) is 37.5. The van der Waals surface area contributed by atoms with E-state index >= 15 is 0 Å². The summed E-state index contributed by atoms with van der Waals surface area (Å²) >= 11 is 0. The van der Waals surface area contributed by atoms with Crippen molar-refractivity contribution in [1.82, 2.24) is 10.2 Å². The van der Waals surface area contributed by atoms with Gasteiger partial charge < -0.3 is 52.5 Å². The fraction of sp³-hybridized carbons (Fsp3) is 0.302. The highest BCUT2D eigenvalue weighted by atomic mass is 16.7. The minimum Gasteiger partial charge on any atom is -0.462 e. The number of aryl methyl sites for hydroxylation is 1. The Hall–Kier alpha value is -6.88. The number of aliphatic hydroxyl groups excluding tert-OH is 2. The quantitative estimate of drug-likeness (QED) is 0.0626. The number of hydrogen-bond donors (Lipinski definition) is 2. The summed E-state index contributed by atoms with van der Waals surface area (Å²) in [6.45, 7) is 2.22. The first-order valence-corrected chi connectivity index (χ1v) is 26.0. The van der Waals surface area contributed by atoms with Crippen molar-refractivity contribution < 1.29 is 52.5 Å². The van der Waals surface area contributed by atoms with Crippen molar-refractivity contribution in [1.29, 1.82) is 0 Å². The number of benzene rings is 7. The monoisotopic (exact) mass is 1020 g/mol. The van der Waals surface area contributed by atoms with E-state index in [4.69, 9.17) is 42.3 Å². The zero-order valence-electron chi connectivity index (χ0n) is 42.4. The topological polar surface area (TPSA) is 153 Å². The van der Waals surface area contributed by atoms with Gasteiger partial charge in [0.05, 0.1) is 58.5 Å². The van der Waals surface area contributed by atoms with Gasteiger partial charge in [0, 0.05) is 18.4 Å². The number of aromatic nitrogens is 2. The minimum atomic E-state index is -1.03. The van der Waals surface area contributed by atoms with Crippen LogP contribution in [-0.4, -0.2) is 88.7 Å². The van der Waals surface area contributed by atoms with E-state index in [1.165, 1.54) is 0 Å². The maximum Gasteiger partial charge on any atom is 0.247 e. The number of nitrogens with zero attached hydrogens (tertiary/aromatic N) is 2. The Bertz CT molecular complexity index is 2940. The molecule has 2 aliphatic heterocycles. The first kappa shape index (κ1) is 52.6. The van der Waals surface area contributed by atoms with Crippen molar-refractivity contribution in [2.75, 3.05) is 13.2 Å². The molecule has 0 spiro atoms. The lowest BCUT2D eigenvalue weighted by atomic mass is 9.80. The van der Waals surface area contributed by atoms with E-state index in [2.05, 4.69) is 10.2 Å². The fourth-order valence-corrected chi connectivity index (χ4v) is 10.0. The molecule has 10 rings (SSSR count). The first-order valence-electron chi connectivity index (χ1n) is 26.0. The average Bonchev–Trinajstić information content (AvgIpc) is 3.95. The molecule has 2 N–H and O–H groups in total. The van der Waals surface area contributed by atoms with Gasteiger partial charge in [-0.1, -0.05) is 176 Å². The molecule has 7 aromatic carbocycles. The van der Waals surface area contributed by atoms with Gasteiger partial charge in [-0.25, -0.2) is 0 Å². The van der Waals surface area contributed by atoms with Crippen LogP contribution in [0.1, 0.15) is 40.1 Å². The molecule has 0 aliphatic carbocycles. The summed E-state index contributed by atoms with van der Waals surface area (Å²) in [5, 5.41) is 30.8. The van der Waals surface area contributed by atoms with Crippen LogP contribution in [0, 0.1) is 12.8 Å². The van der Waals surface area contributed by atoms with Crippen LogP contribution < -0.4 is 4.74 Å². The molecule has 2 fully saturated rings. The zero-order valence-corrected chi connectivity index (χ0v) is 42.4. The second-order valence-corrected chi connectivity index (χ2v) is 19.2. The predicted molar refractivity (Wildman–Crippen MR) is 285 cm³/mol. The SMILES string of the molecule is Cc1nnc(-c2ccc(-c3ccc(O[C@H]4O[C@H](CO)[C@@H](OCc5ccccc5)[C@H](C[C@H]5O[C@H](CO)[C@@H](OCc6ccccc6)[C@@H](OCc6ccccc6)[C@@H]5OCc5ccccc5)[C@@H]4OCc4ccccc4)cc3)cc2)o1. The fourth-order valence-electron chi connectivity index (χ4n) is 10.0. The molecule has 2 aliphatic rings. The van der Waals surface area contributed by atoms with Gasteiger partial charge in [0.25, 0.3) is 0 Å². The maximum atomic E-state index is 11.3. The summed E-state index contributed by atoms with van der Waals surface area (Å²) in [5.41, 5.74) is 7.56. The van der Waals surface area contributed by atoms with E-state index in [0.717, 1.165) is 44.5 Å². The van der Waals surface area contributed by atoms with Crippen molar-refractivity contribution in [3.8, 4) is 28.3 Å². The highest BCUT2D eigenvalue weighted by molar-refractivity contribution is 5.67. The van der Waals surface area contributed by atoms with Gasteiger partial charge in [-0.15, -0.1) is 10.2 Å². The van der Waals surface area contributed by atoms with Gasteiger partial charge in [-0.05, 0) is 69.6 Å². The molecule has 10 atom stereocenters. The van der Waals surface area contributed by atoms with Crippen molar-refractivity contribution in [2.24, 2.45) is 5.92 Å². The van der Waals surface area contributed by atoms with Gasteiger partial charge >= 0.3 is 0 Å². The Balaban J connectivity index is 1.01. The lowest BCUT2D eigenvalue weighted by molar-refractivity contribution is -0.303. The second-order valence-electron chi connectivity index (χ2n) is 19.2. The van der Waals surface area contributed by atoms with Gasteiger partial charge in [-0.2, -0.15) is 0 Å². The highest BCUT2D eigenvalue weighted by Gasteiger charge is 2.54. The molecule has 392 valence electrons. The van der Waals surface area contributed by atoms with Crippen LogP contribution in [0.4, 0.5) is 0 Å². The average molecular weight is 1030 g/mol. The molecule has 2 saturated heterocycles. The molecule has 0 amide bonds. The van der Waals surface area contributed by atoms with Crippen LogP contribution in [-0.2, 0) is 66.2 Å². The molecule has 13 heteroatoms. The van der Waals surface area contributed by atoms with Crippen molar-refractivity contribution in [3.05, 3.63) is 234 Å². The number of aliphatic hydroxyl groups is 2. The molecule has 3 heterocycles. The van der Waals surface area contributed by atoms with Crippen LogP contribution in [0.3, 0.4) is 0 Å². The molecule has 8 aromatic rings. The summed E-state index contributed by atoms with van der Waals surface area (Å²) in [6, 6.07) is 65.4. The highest BCUT2D eigenvalue weighted by Crippen LogP contribution is 2.41. The van der Waals surface area contributed by atoms with Gasteiger partial charge in [0.1, 0.15) is 42.4 Å². The molecule has 0 bridgehead atoms. The van der Waals surface area contributed by atoms with Gasteiger partial charge in [0.2, 0.25) is 18.1 Å². The van der Waals surface area contributed by atoms with Crippen LogP contribution >= 0.6 is 0 Å². The van der Waals surface area contributed by atoms with Gasteiger partial charge in [0.15, 0.2) is 0 Å². The third kappa shape index (κ3) is 13.6. The van der Waals surface area contributed by atoms with Crippen LogP contribution in [0.15, 0.2) is 205 Å². The Labute approximate surface area is 443 Å². The molecular formula is C63H64N2O11. The molecular weight excluding hydrogens is 961 g/mol. The largest absolute Gasteiger partial charge is 0.462 e. The lowest BCUT2D eigenvalue weighted by Crippen LogP contribution is -2.64. The van der Waals surface area contributed by atoms with Crippen molar-refractivity contribution in [3.63, 3.8) is 0 Å². The Kier molecular flexibility index (Phi) is 18.2. The summed E-state index contributed by atoms with van der Waals surface area (Å²) in [5.74, 6) is 0.933. The standard InChI is InChI=1S/C63H64N2O11/c1-43-64-65-62(73-43)51-29-27-49(28-30-51)50-31-33-52(34-32-50)74-63-58(69-39-45-19-9-3-10-20-45)53(57(55(36-66)76-63)68-38-44-17-7-2-8-18-44)35-54-59(70-40-46-21-11-4-12-22-46)61(72-42-48-25-15-6-16-26-48)60(56(37-67)75-54)71-41-47-23-13-5-14-24-47/h2-34,53-61,63,66-67H,35-42H2,1H3/t53-,54+,55+,56+,57-,58-,59+,60+,61-,63-/m0/s1. The van der Waals surface area contributed by atoms with Crippen LogP contribution in [0.5, 0.6) is 5.75 Å². The maximum absolute atomic E-state index is 11.3. The molecule has 1 aromatic heterocycles. The van der Waals surface area contributed by atoms with Crippen molar-refractivity contribution in [2.45, 2.75) is 102 Å². The zero-order chi connectivity index (χ0) is 51.9. The smallest absolute Gasteiger partial charge is 0.247 e. The molecule has 0 radical (unpaired) electrons. The third-order valence-corrected chi connectivity index (χ3v) is 13.9. The Morgan fingerprint density at radius 1 is 0.395 bits per heavy atom. The summed E-state index contributed by atoms with van der Waals surface area (Å²) in [7, 11) is 0. The minimum absolute atomic E-state index is 0.218. The normalized spacial score (nSPS) is 23.5. The van der Waals surface area contributed by atoms with Crippen molar-refractivity contribution >= 4 is 0 Å². The summed E-state index contributed by atoms with van der Waals surface area (Å²) < 4.78 is 61.2. The summed E-state index contributed by atoms with van der Waals surface area (Å²) in [4.78, 5) is 0.